The SMILES string of the molecule is COCCCOc1cc(CC(CC(NC(=O)OC(C)(C)C)C(O)CC(C(=O)NCCN2CCOCC2)C(C)C)C(C)C)ccc1OCCCO. The maximum Gasteiger partial charge on any atom is 0.407 e. The van der Waals surface area contributed by atoms with E-state index in [1.807, 2.05) is 32.0 Å². The Morgan fingerprint density at radius 3 is 2.26 bits per heavy atom. The van der Waals surface area contributed by atoms with Crippen LogP contribution in [0, 0.1) is 23.7 Å². The van der Waals surface area contributed by atoms with Gasteiger partial charge in [-0.1, -0.05) is 33.8 Å². The van der Waals surface area contributed by atoms with E-state index in [-0.39, 0.29) is 36.7 Å². The first-order chi connectivity index (χ1) is 23.7. The number of aliphatic hydroxyl groups is 2. The van der Waals surface area contributed by atoms with Crippen LogP contribution in [0.3, 0.4) is 0 Å². The Labute approximate surface area is 300 Å². The third-order valence-electron chi connectivity index (χ3n) is 8.95. The zero-order valence-corrected chi connectivity index (χ0v) is 32.0. The van der Waals surface area contributed by atoms with E-state index < -0.39 is 29.8 Å². The van der Waals surface area contributed by atoms with Crippen molar-refractivity contribution in [1.82, 2.24) is 15.5 Å². The van der Waals surface area contributed by atoms with Gasteiger partial charge in [0.25, 0.3) is 0 Å². The summed E-state index contributed by atoms with van der Waals surface area (Å²) in [7, 11) is 1.66. The van der Waals surface area contributed by atoms with Crippen molar-refractivity contribution in [2.75, 3.05) is 72.9 Å². The molecule has 0 radical (unpaired) electrons. The van der Waals surface area contributed by atoms with Gasteiger partial charge in [-0.15, -0.1) is 0 Å². The Balaban J connectivity index is 2.24. The first kappa shape index (κ1) is 43.5. The molecule has 1 aromatic rings. The number of hydrogen-bond donors (Lipinski definition) is 4. The summed E-state index contributed by atoms with van der Waals surface area (Å²) in [5, 5.41) is 27.0. The third kappa shape index (κ3) is 17.0. The van der Waals surface area contributed by atoms with Crippen LogP contribution in [0.15, 0.2) is 18.2 Å². The molecule has 0 bridgehead atoms. The minimum absolute atomic E-state index is 0.0171. The van der Waals surface area contributed by atoms with E-state index in [0.717, 1.165) is 31.6 Å². The lowest BCUT2D eigenvalue weighted by atomic mass is 9.80. The molecule has 12 nitrogen and oxygen atoms in total. The van der Waals surface area contributed by atoms with Crippen molar-refractivity contribution in [3.63, 3.8) is 0 Å². The molecule has 0 saturated carbocycles. The fraction of sp³-hybridized carbons (Fsp3) is 0.789. The molecule has 1 fully saturated rings. The zero-order valence-electron chi connectivity index (χ0n) is 32.0. The van der Waals surface area contributed by atoms with Gasteiger partial charge in [-0.2, -0.15) is 0 Å². The number of benzene rings is 1. The van der Waals surface area contributed by atoms with E-state index in [9.17, 15) is 19.8 Å². The average molecular weight is 710 g/mol. The molecule has 1 aromatic carbocycles. The summed E-state index contributed by atoms with van der Waals surface area (Å²) in [5.41, 5.74) is 0.323. The molecule has 1 saturated heterocycles. The Morgan fingerprint density at radius 1 is 0.960 bits per heavy atom. The first-order valence-electron chi connectivity index (χ1n) is 18.5. The van der Waals surface area contributed by atoms with Crippen molar-refractivity contribution in [2.45, 2.75) is 98.3 Å². The van der Waals surface area contributed by atoms with E-state index >= 15 is 0 Å². The molecule has 1 aliphatic rings. The van der Waals surface area contributed by atoms with Crippen LogP contribution >= 0.6 is 0 Å². The van der Waals surface area contributed by atoms with Gasteiger partial charge < -0.3 is 44.5 Å². The van der Waals surface area contributed by atoms with Gasteiger partial charge in [-0.3, -0.25) is 9.69 Å². The van der Waals surface area contributed by atoms with Crippen LogP contribution in [0.4, 0.5) is 4.79 Å². The quantitative estimate of drug-likeness (QED) is 0.120. The van der Waals surface area contributed by atoms with Crippen molar-refractivity contribution in [3.8, 4) is 11.5 Å². The first-order valence-corrected chi connectivity index (χ1v) is 18.5. The summed E-state index contributed by atoms with van der Waals surface area (Å²) >= 11 is 0. The summed E-state index contributed by atoms with van der Waals surface area (Å²) in [6.07, 6.45) is 0.996. The Kier molecular flexibility index (Phi) is 20.0. The monoisotopic (exact) mass is 709 g/mol. The Bertz CT molecular complexity index is 1110. The van der Waals surface area contributed by atoms with Crippen LogP contribution in [-0.2, 0) is 25.4 Å². The summed E-state index contributed by atoms with van der Waals surface area (Å²) in [4.78, 5) is 28.7. The molecule has 4 unspecified atom stereocenters. The van der Waals surface area contributed by atoms with Crippen LogP contribution < -0.4 is 20.1 Å². The molecule has 0 aromatic heterocycles. The van der Waals surface area contributed by atoms with E-state index in [4.69, 9.17) is 23.7 Å². The maximum absolute atomic E-state index is 13.4. The molecule has 50 heavy (non-hydrogen) atoms. The highest BCUT2D eigenvalue weighted by Crippen LogP contribution is 2.32. The van der Waals surface area contributed by atoms with Crippen LogP contribution in [0.25, 0.3) is 0 Å². The van der Waals surface area contributed by atoms with Crippen molar-refractivity contribution in [2.24, 2.45) is 23.7 Å². The van der Waals surface area contributed by atoms with Crippen molar-refractivity contribution >= 4 is 12.0 Å². The lowest BCUT2D eigenvalue weighted by molar-refractivity contribution is -0.127. The molecule has 288 valence electrons. The topological polar surface area (TPSA) is 148 Å². The zero-order chi connectivity index (χ0) is 37.1. The summed E-state index contributed by atoms with van der Waals surface area (Å²) in [6.45, 7) is 19.5. The van der Waals surface area contributed by atoms with E-state index in [2.05, 4.69) is 29.4 Å². The van der Waals surface area contributed by atoms with Crippen LogP contribution in [-0.4, -0.2) is 118 Å². The third-order valence-corrected chi connectivity index (χ3v) is 8.95. The normalized spacial score (nSPS) is 16.5. The number of carbonyl (C=O) groups is 2. The van der Waals surface area contributed by atoms with Gasteiger partial charge in [-0.25, -0.2) is 4.79 Å². The van der Waals surface area contributed by atoms with Gasteiger partial charge in [0, 0.05) is 65.3 Å². The number of nitrogens with zero attached hydrogens (tertiary/aromatic N) is 1. The van der Waals surface area contributed by atoms with Crippen LogP contribution in [0.5, 0.6) is 11.5 Å². The fourth-order valence-electron chi connectivity index (χ4n) is 5.93. The van der Waals surface area contributed by atoms with Gasteiger partial charge in [0.15, 0.2) is 11.5 Å². The number of ether oxygens (including phenoxy) is 5. The molecule has 2 amide bonds. The van der Waals surface area contributed by atoms with Crippen molar-refractivity contribution in [1.29, 1.82) is 0 Å². The highest BCUT2D eigenvalue weighted by molar-refractivity contribution is 5.79. The number of alkyl carbamates (subject to hydrolysis) is 1. The number of methoxy groups -OCH3 is 1. The molecule has 12 heteroatoms. The molecule has 4 atom stereocenters. The second kappa shape index (κ2) is 23.0. The summed E-state index contributed by atoms with van der Waals surface area (Å²) in [6, 6.07) is 5.24. The second-order valence-corrected chi connectivity index (χ2v) is 15.0. The second-order valence-electron chi connectivity index (χ2n) is 15.0. The molecule has 0 aliphatic carbocycles. The van der Waals surface area contributed by atoms with Gasteiger partial charge in [0.1, 0.15) is 5.60 Å². The van der Waals surface area contributed by atoms with E-state index in [1.54, 1.807) is 27.9 Å². The molecule has 0 spiro atoms. The van der Waals surface area contributed by atoms with Gasteiger partial charge in [-0.05, 0) is 75.5 Å². The molecule has 1 aliphatic heterocycles. The van der Waals surface area contributed by atoms with E-state index in [1.165, 1.54) is 0 Å². The number of carbonyl (C=O) groups excluding carboxylic acids is 2. The number of nitrogens with one attached hydrogen (secondary N) is 2. The minimum atomic E-state index is -0.983. The van der Waals surface area contributed by atoms with Gasteiger partial charge in [0.2, 0.25) is 5.91 Å². The predicted molar refractivity (Wildman–Crippen MR) is 195 cm³/mol. The Morgan fingerprint density at radius 2 is 1.64 bits per heavy atom. The molecule has 2 rings (SSSR count). The minimum Gasteiger partial charge on any atom is -0.490 e. The molecule has 4 N–H and O–H groups in total. The number of morpholine rings is 1. The lowest BCUT2D eigenvalue weighted by Crippen LogP contribution is -2.49. The van der Waals surface area contributed by atoms with E-state index in [0.29, 0.717) is 70.3 Å². The number of hydrogen-bond acceptors (Lipinski definition) is 10. The highest BCUT2D eigenvalue weighted by atomic mass is 16.6. The smallest absolute Gasteiger partial charge is 0.407 e. The largest absolute Gasteiger partial charge is 0.490 e. The average Bonchev–Trinajstić information content (AvgIpc) is 3.05. The molecule has 1 heterocycles. The van der Waals surface area contributed by atoms with Gasteiger partial charge >= 0.3 is 6.09 Å². The van der Waals surface area contributed by atoms with Crippen LogP contribution in [0.1, 0.15) is 79.7 Å². The van der Waals surface area contributed by atoms with Crippen molar-refractivity contribution in [3.05, 3.63) is 23.8 Å². The maximum atomic E-state index is 13.4. The molecular weight excluding hydrogens is 642 g/mol. The fourth-order valence-corrected chi connectivity index (χ4v) is 5.93. The number of rotatable bonds is 23. The van der Waals surface area contributed by atoms with Gasteiger partial charge in [0.05, 0.1) is 38.6 Å². The molecular formula is C38H67N3O9. The number of amides is 2. The Hall–Kier alpha value is -2.64. The standard InChI is InChI=1S/C38H67N3O9/c1-27(2)30(23-29-11-12-34(48-19-9-17-42)35(24-29)49-20-10-18-46-8)25-32(40-37(45)50-38(5,6)7)33(43)26-31(28(3)4)36(44)39-13-14-41-15-21-47-22-16-41/h11-12,24,27-28,30-33,42-43H,9-10,13-23,25-26H2,1-8H3,(H,39,44)(H,40,45). The van der Waals surface area contributed by atoms with Crippen molar-refractivity contribution < 1.29 is 43.5 Å². The highest BCUT2D eigenvalue weighted by Gasteiger charge is 2.33. The predicted octanol–water partition coefficient (Wildman–Crippen LogP) is 4.43. The summed E-state index contributed by atoms with van der Waals surface area (Å²) < 4.78 is 28.2. The lowest BCUT2D eigenvalue weighted by Gasteiger charge is -2.33. The number of aliphatic hydroxyl groups excluding tert-OH is 2. The summed E-state index contributed by atoms with van der Waals surface area (Å²) in [5.74, 6) is 0.962. The van der Waals surface area contributed by atoms with Crippen LogP contribution in [0.2, 0.25) is 0 Å².